The summed E-state index contributed by atoms with van der Waals surface area (Å²) in [4.78, 5) is 59.6. The number of rotatable bonds is 9. The average molecular weight is 583 g/mol. The Morgan fingerprint density at radius 3 is 2.05 bits per heavy atom. The lowest BCUT2D eigenvalue weighted by atomic mass is 9.97. The molecule has 0 saturated carbocycles. The SMILES string of the molecule is CNC(=O)c1cccc(-c2ccc(O[C@H]3O[C@H](COC(C)=O)[C@@H](OC(C)=O)[C@H](OC(C)=O)[C@@H]3OC(C)=O)c(C#N)c2)c1. The van der Waals surface area contributed by atoms with Gasteiger partial charge in [-0.2, -0.15) is 5.26 Å². The molecule has 0 bridgehead atoms. The fourth-order valence-corrected chi connectivity index (χ4v) is 4.29. The number of hydrogen-bond donors (Lipinski definition) is 1. The number of nitrogens with one attached hydrogen (secondary N) is 1. The second kappa shape index (κ2) is 14.1. The molecule has 0 spiro atoms. The highest BCUT2D eigenvalue weighted by atomic mass is 16.7. The zero-order valence-electron chi connectivity index (χ0n) is 23.6. The van der Waals surface area contributed by atoms with Crippen LogP contribution in [0.25, 0.3) is 11.1 Å². The van der Waals surface area contributed by atoms with Gasteiger partial charge >= 0.3 is 23.9 Å². The Hall–Kier alpha value is -4.96. The highest BCUT2D eigenvalue weighted by Gasteiger charge is 2.53. The number of esters is 4. The van der Waals surface area contributed by atoms with Crippen LogP contribution >= 0.6 is 0 Å². The van der Waals surface area contributed by atoms with E-state index in [1.807, 2.05) is 6.07 Å². The Labute approximate surface area is 241 Å². The van der Waals surface area contributed by atoms with Crippen LogP contribution in [0.3, 0.4) is 0 Å². The molecule has 0 radical (unpaired) electrons. The molecule has 3 rings (SSSR count). The predicted molar refractivity (Wildman–Crippen MR) is 143 cm³/mol. The van der Waals surface area contributed by atoms with Crippen molar-refractivity contribution in [2.24, 2.45) is 0 Å². The maximum absolute atomic E-state index is 12.1. The van der Waals surface area contributed by atoms with Crippen molar-refractivity contribution in [2.75, 3.05) is 13.7 Å². The lowest BCUT2D eigenvalue weighted by molar-refractivity contribution is -0.288. The van der Waals surface area contributed by atoms with Crippen molar-refractivity contribution >= 4 is 29.8 Å². The number of hydrogen-bond acceptors (Lipinski definition) is 12. The Morgan fingerprint density at radius 2 is 1.45 bits per heavy atom. The van der Waals surface area contributed by atoms with E-state index in [0.29, 0.717) is 16.7 Å². The first-order chi connectivity index (χ1) is 19.9. The van der Waals surface area contributed by atoms with Gasteiger partial charge in [-0.15, -0.1) is 0 Å². The van der Waals surface area contributed by atoms with Crippen molar-refractivity contribution in [2.45, 2.75) is 58.4 Å². The predicted octanol–water partition coefficient (Wildman–Crippen LogP) is 2.05. The molecule has 2 aromatic carbocycles. The number of nitrogens with zero attached hydrogens (tertiary/aromatic N) is 1. The Morgan fingerprint density at radius 1 is 0.833 bits per heavy atom. The smallest absolute Gasteiger partial charge is 0.303 e. The quantitative estimate of drug-likeness (QED) is 0.337. The van der Waals surface area contributed by atoms with E-state index in [0.717, 1.165) is 27.7 Å². The minimum Gasteiger partial charge on any atom is -0.463 e. The van der Waals surface area contributed by atoms with Crippen LogP contribution in [-0.4, -0.2) is 74.1 Å². The molecule has 1 amide bonds. The molecule has 5 atom stereocenters. The van der Waals surface area contributed by atoms with Gasteiger partial charge in [0.25, 0.3) is 5.91 Å². The van der Waals surface area contributed by atoms with E-state index in [1.165, 1.54) is 19.2 Å². The number of nitriles is 1. The molecule has 1 saturated heterocycles. The zero-order valence-corrected chi connectivity index (χ0v) is 23.6. The zero-order chi connectivity index (χ0) is 31.0. The van der Waals surface area contributed by atoms with Crippen molar-refractivity contribution in [3.8, 4) is 22.9 Å². The molecule has 0 unspecified atom stereocenters. The van der Waals surface area contributed by atoms with Crippen LogP contribution in [0.4, 0.5) is 0 Å². The molecule has 13 nitrogen and oxygen atoms in total. The molecule has 1 fully saturated rings. The van der Waals surface area contributed by atoms with Crippen molar-refractivity contribution < 1.29 is 52.4 Å². The van der Waals surface area contributed by atoms with Gasteiger partial charge in [-0.3, -0.25) is 24.0 Å². The summed E-state index contributed by atoms with van der Waals surface area (Å²) < 4.78 is 33.2. The number of benzene rings is 2. The van der Waals surface area contributed by atoms with Crippen LogP contribution in [0.2, 0.25) is 0 Å². The Kier molecular flexibility index (Phi) is 10.6. The van der Waals surface area contributed by atoms with Crippen LogP contribution in [-0.2, 0) is 42.9 Å². The van der Waals surface area contributed by atoms with Crippen LogP contribution in [0.1, 0.15) is 43.6 Å². The van der Waals surface area contributed by atoms with Gasteiger partial charge in [0.05, 0.1) is 5.56 Å². The van der Waals surface area contributed by atoms with Gasteiger partial charge in [0.1, 0.15) is 24.5 Å². The summed E-state index contributed by atoms with van der Waals surface area (Å²) >= 11 is 0. The van der Waals surface area contributed by atoms with Crippen molar-refractivity contribution in [1.82, 2.24) is 5.32 Å². The first kappa shape index (κ1) is 31.6. The minimum atomic E-state index is -1.50. The topological polar surface area (TPSA) is 177 Å². The average Bonchev–Trinajstić information content (AvgIpc) is 2.94. The van der Waals surface area contributed by atoms with Crippen molar-refractivity contribution in [1.29, 1.82) is 5.26 Å². The third kappa shape index (κ3) is 8.05. The number of carbonyl (C=O) groups is 5. The van der Waals surface area contributed by atoms with E-state index < -0.39 is 61.2 Å². The molecule has 1 aliphatic heterocycles. The molecule has 0 aromatic heterocycles. The van der Waals surface area contributed by atoms with Gasteiger partial charge in [0, 0.05) is 40.3 Å². The molecular weight excluding hydrogens is 552 g/mol. The van der Waals surface area contributed by atoms with E-state index in [-0.39, 0.29) is 17.2 Å². The van der Waals surface area contributed by atoms with E-state index in [9.17, 15) is 29.2 Å². The fraction of sp³-hybridized carbons (Fsp3) is 0.379. The summed E-state index contributed by atoms with van der Waals surface area (Å²) in [5.74, 6) is -3.27. The summed E-state index contributed by atoms with van der Waals surface area (Å²) in [7, 11) is 1.52. The summed E-state index contributed by atoms with van der Waals surface area (Å²) in [5.41, 5.74) is 1.75. The summed E-state index contributed by atoms with van der Waals surface area (Å²) in [6.45, 7) is 4.06. The lowest BCUT2D eigenvalue weighted by Gasteiger charge is -2.44. The second-order valence-corrected chi connectivity index (χ2v) is 9.17. The molecule has 1 heterocycles. The van der Waals surface area contributed by atoms with Gasteiger partial charge in [0.2, 0.25) is 12.4 Å². The van der Waals surface area contributed by atoms with Gasteiger partial charge in [-0.1, -0.05) is 18.2 Å². The molecule has 0 aliphatic carbocycles. The lowest BCUT2D eigenvalue weighted by Crippen LogP contribution is -2.63. The van der Waals surface area contributed by atoms with Crippen LogP contribution in [0.15, 0.2) is 42.5 Å². The van der Waals surface area contributed by atoms with E-state index in [4.69, 9.17) is 28.4 Å². The second-order valence-electron chi connectivity index (χ2n) is 9.17. The largest absolute Gasteiger partial charge is 0.463 e. The Balaban J connectivity index is 2.02. The standard InChI is InChI=1S/C29H30N2O11/c1-15(32)37-14-24-25(38-16(2)33)26(39-17(3)34)27(40-18(4)35)29(42-24)41-23-10-9-20(12-22(23)13-30)19-7-6-8-21(11-19)28(36)31-5/h6-12,24-27,29H,14H2,1-5H3,(H,31,36)/t24-,25-,26+,27+,29+/m1/s1. The first-order valence-electron chi connectivity index (χ1n) is 12.8. The maximum atomic E-state index is 12.1. The molecule has 13 heteroatoms. The van der Waals surface area contributed by atoms with Gasteiger partial charge in [0.15, 0.2) is 12.2 Å². The third-order valence-electron chi connectivity index (χ3n) is 5.98. The molecule has 1 aliphatic rings. The van der Waals surface area contributed by atoms with Gasteiger partial charge < -0.3 is 33.7 Å². The third-order valence-corrected chi connectivity index (χ3v) is 5.98. The van der Waals surface area contributed by atoms with Gasteiger partial charge in [-0.05, 0) is 35.4 Å². The molecular formula is C29H30N2O11. The monoisotopic (exact) mass is 582 g/mol. The van der Waals surface area contributed by atoms with E-state index in [2.05, 4.69) is 5.32 Å². The van der Waals surface area contributed by atoms with Gasteiger partial charge in [-0.25, -0.2) is 0 Å². The highest BCUT2D eigenvalue weighted by Crippen LogP contribution is 2.33. The normalized spacial score (nSPS) is 21.2. The number of amides is 1. The highest BCUT2D eigenvalue weighted by molar-refractivity contribution is 5.95. The fourth-order valence-electron chi connectivity index (χ4n) is 4.29. The van der Waals surface area contributed by atoms with Crippen molar-refractivity contribution in [3.63, 3.8) is 0 Å². The maximum Gasteiger partial charge on any atom is 0.303 e. The summed E-state index contributed by atoms with van der Waals surface area (Å²) in [6, 6.07) is 13.5. The number of ether oxygens (including phenoxy) is 6. The van der Waals surface area contributed by atoms with E-state index >= 15 is 0 Å². The molecule has 42 heavy (non-hydrogen) atoms. The van der Waals surface area contributed by atoms with Crippen LogP contribution in [0, 0.1) is 11.3 Å². The van der Waals surface area contributed by atoms with Crippen LogP contribution < -0.4 is 10.1 Å². The van der Waals surface area contributed by atoms with Crippen molar-refractivity contribution in [3.05, 3.63) is 53.6 Å². The Bertz CT molecular complexity index is 1400. The first-order valence-corrected chi connectivity index (χ1v) is 12.8. The number of carbonyl (C=O) groups excluding carboxylic acids is 5. The van der Waals surface area contributed by atoms with E-state index in [1.54, 1.807) is 30.3 Å². The molecule has 1 N–H and O–H groups in total. The molecule has 222 valence electrons. The minimum absolute atomic E-state index is 0.0182. The summed E-state index contributed by atoms with van der Waals surface area (Å²) in [6.07, 6.45) is -6.94. The van der Waals surface area contributed by atoms with Crippen LogP contribution in [0.5, 0.6) is 5.75 Å². The molecule has 2 aromatic rings. The summed E-state index contributed by atoms with van der Waals surface area (Å²) in [5, 5.41) is 12.5.